The summed E-state index contributed by atoms with van der Waals surface area (Å²) in [5.41, 5.74) is 2.46. The van der Waals surface area contributed by atoms with Crippen molar-refractivity contribution in [3.63, 3.8) is 0 Å². The van der Waals surface area contributed by atoms with Gasteiger partial charge in [-0.1, -0.05) is 0 Å². The van der Waals surface area contributed by atoms with E-state index in [9.17, 15) is 0 Å². The second kappa shape index (κ2) is 4.10. The van der Waals surface area contributed by atoms with E-state index < -0.39 is 0 Å². The van der Waals surface area contributed by atoms with Crippen LogP contribution in [0.15, 0.2) is 6.07 Å². The molecule has 2 saturated heterocycles. The van der Waals surface area contributed by atoms with Crippen molar-refractivity contribution in [2.75, 3.05) is 19.6 Å². The molecule has 1 N–H and O–H groups in total. The maximum atomic E-state index is 4.43. The van der Waals surface area contributed by atoms with Gasteiger partial charge in [0.25, 0.3) is 0 Å². The van der Waals surface area contributed by atoms with Crippen LogP contribution in [0.3, 0.4) is 0 Å². The molecule has 0 spiro atoms. The van der Waals surface area contributed by atoms with Crippen LogP contribution in [0, 0.1) is 18.8 Å². The number of hydrogen-bond acceptors (Lipinski definition) is 3. The van der Waals surface area contributed by atoms with Crippen molar-refractivity contribution in [1.29, 1.82) is 0 Å². The molecule has 2 aliphatic heterocycles. The predicted octanol–water partition coefficient (Wildman–Crippen LogP) is 0.768. The zero-order valence-electron chi connectivity index (χ0n) is 11.0. The van der Waals surface area contributed by atoms with Crippen molar-refractivity contribution in [3.05, 3.63) is 17.5 Å². The molecule has 0 saturated carbocycles. The summed E-state index contributed by atoms with van der Waals surface area (Å²) >= 11 is 0. The number of nitrogens with zero attached hydrogens (tertiary/aromatic N) is 3. The first-order chi connectivity index (χ1) is 8.15. The minimum Gasteiger partial charge on any atom is -0.316 e. The van der Waals surface area contributed by atoms with Crippen molar-refractivity contribution >= 4 is 0 Å². The standard InChI is InChI=1S/C13H22N4/c1-9-4-12(16(3)15-9)8-17-7-11-5-14-6-13(11)10(17)2/h4,10-11,13-14H,5-8H2,1-3H3. The van der Waals surface area contributed by atoms with Crippen molar-refractivity contribution < 1.29 is 0 Å². The van der Waals surface area contributed by atoms with E-state index in [0.717, 1.165) is 24.1 Å². The Morgan fingerprint density at radius 3 is 2.94 bits per heavy atom. The molecule has 94 valence electrons. The third kappa shape index (κ3) is 1.89. The lowest BCUT2D eigenvalue weighted by molar-refractivity contribution is 0.226. The summed E-state index contributed by atoms with van der Waals surface area (Å²) in [5.74, 6) is 1.71. The fourth-order valence-corrected chi connectivity index (χ4v) is 3.48. The number of aryl methyl sites for hydroxylation is 2. The second-order valence-electron chi connectivity index (χ2n) is 5.65. The highest BCUT2D eigenvalue weighted by Gasteiger charge is 2.41. The van der Waals surface area contributed by atoms with E-state index in [0.29, 0.717) is 6.04 Å². The van der Waals surface area contributed by atoms with E-state index >= 15 is 0 Å². The quantitative estimate of drug-likeness (QED) is 0.820. The number of hydrogen-bond donors (Lipinski definition) is 1. The van der Waals surface area contributed by atoms with Gasteiger partial charge < -0.3 is 5.32 Å². The summed E-state index contributed by atoms with van der Waals surface area (Å²) < 4.78 is 2.02. The molecule has 0 aliphatic carbocycles. The highest BCUT2D eigenvalue weighted by atomic mass is 15.3. The lowest BCUT2D eigenvalue weighted by Crippen LogP contribution is -2.33. The lowest BCUT2D eigenvalue weighted by Gasteiger charge is -2.24. The van der Waals surface area contributed by atoms with Gasteiger partial charge in [0.1, 0.15) is 0 Å². The molecule has 3 atom stereocenters. The fraction of sp³-hybridized carbons (Fsp3) is 0.769. The smallest absolute Gasteiger partial charge is 0.0597 e. The molecule has 0 radical (unpaired) electrons. The van der Waals surface area contributed by atoms with E-state index in [1.165, 1.54) is 25.3 Å². The minimum absolute atomic E-state index is 0.699. The molecular formula is C13H22N4. The molecule has 4 heteroatoms. The van der Waals surface area contributed by atoms with Crippen molar-refractivity contribution in [1.82, 2.24) is 20.0 Å². The van der Waals surface area contributed by atoms with E-state index in [2.05, 4.69) is 35.2 Å². The Labute approximate surface area is 103 Å². The van der Waals surface area contributed by atoms with Gasteiger partial charge in [-0.05, 0) is 44.8 Å². The fourth-order valence-electron chi connectivity index (χ4n) is 3.48. The lowest BCUT2D eigenvalue weighted by atomic mass is 9.95. The third-order valence-electron chi connectivity index (χ3n) is 4.52. The van der Waals surface area contributed by atoms with Crippen LogP contribution in [0.5, 0.6) is 0 Å². The maximum Gasteiger partial charge on any atom is 0.0597 e. The largest absolute Gasteiger partial charge is 0.316 e. The average Bonchev–Trinajstić information content (AvgIpc) is 2.90. The Hall–Kier alpha value is -0.870. The molecule has 3 unspecified atom stereocenters. The van der Waals surface area contributed by atoms with Crippen LogP contribution in [-0.2, 0) is 13.6 Å². The van der Waals surface area contributed by atoms with Gasteiger partial charge in [-0.3, -0.25) is 9.58 Å². The summed E-state index contributed by atoms with van der Waals surface area (Å²) in [4.78, 5) is 2.62. The Morgan fingerprint density at radius 1 is 1.47 bits per heavy atom. The number of likely N-dealkylation sites (tertiary alicyclic amines) is 1. The van der Waals surface area contributed by atoms with Crippen LogP contribution in [0.4, 0.5) is 0 Å². The normalized spacial score (nSPS) is 33.2. The molecule has 1 aromatic rings. The SMILES string of the molecule is Cc1cc(CN2CC3CNCC3C2C)n(C)n1. The molecule has 2 aliphatic rings. The first-order valence-corrected chi connectivity index (χ1v) is 6.59. The Balaban J connectivity index is 1.72. The molecule has 3 heterocycles. The average molecular weight is 234 g/mol. The molecule has 2 fully saturated rings. The highest BCUT2D eigenvalue weighted by Crippen LogP contribution is 2.33. The minimum atomic E-state index is 0.699. The summed E-state index contributed by atoms with van der Waals surface area (Å²) in [6.45, 7) is 9.13. The molecule has 3 rings (SSSR count). The number of fused-ring (bicyclic) bond motifs is 1. The zero-order chi connectivity index (χ0) is 12.0. The number of rotatable bonds is 2. The third-order valence-corrected chi connectivity index (χ3v) is 4.52. The Bertz CT molecular complexity index is 412. The highest BCUT2D eigenvalue weighted by molar-refractivity contribution is 5.10. The van der Waals surface area contributed by atoms with Crippen molar-refractivity contribution in [3.8, 4) is 0 Å². The zero-order valence-corrected chi connectivity index (χ0v) is 11.0. The molecule has 0 amide bonds. The van der Waals surface area contributed by atoms with Gasteiger partial charge in [-0.15, -0.1) is 0 Å². The Morgan fingerprint density at radius 2 is 2.29 bits per heavy atom. The van der Waals surface area contributed by atoms with E-state index in [1.807, 2.05) is 11.7 Å². The van der Waals surface area contributed by atoms with Gasteiger partial charge in [0, 0.05) is 26.2 Å². The second-order valence-corrected chi connectivity index (χ2v) is 5.65. The Kier molecular flexibility index (Phi) is 2.71. The van der Waals surface area contributed by atoms with Crippen LogP contribution in [0.2, 0.25) is 0 Å². The maximum absolute atomic E-state index is 4.43. The van der Waals surface area contributed by atoms with E-state index in [-0.39, 0.29) is 0 Å². The predicted molar refractivity (Wildman–Crippen MR) is 67.7 cm³/mol. The first kappa shape index (κ1) is 11.2. The van der Waals surface area contributed by atoms with Crippen LogP contribution in [-0.4, -0.2) is 40.4 Å². The van der Waals surface area contributed by atoms with E-state index in [1.54, 1.807) is 0 Å². The van der Waals surface area contributed by atoms with E-state index in [4.69, 9.17) is 0 Å². The molecule has 4 nitrogen and oxygen atoms in total. The van der Waals surface area contributed by atoms with Gasteiger partial charge in [-0.25, -0.2) is 0 Å². The monoisotopic (exact) mass is 234 g/mol. The molecule has 0 aromatic carbocycles. The van der Waals surface area contributed by atoms with Crippen LogP contribution in [0.25, 0.3) is 0 Å². The van der Waals surface area contributed by atoms with Crippen molar-refractivity contribution in [2.45, 2.75) is 26.4 Å². The summed E-state index contributed by atoms with van der Waals surface area (Å²) in [5, 5.41) is 7.94. The summed E-state index contributed by atoms with van der Waals surface area (Å²) in [6.07, 6.45) is 0. The van der Waals surface area contributed by atoms with Gasteiger partial charge in [0.15, 0.2) is 0 Å². The van der Waals surface area contributed by atoms with Gasteiger partial charge in [0.2, 0.25) is 0 Å². The number of aromatic nitrogens is 2. The topological polar surface area (TPSA) is 33.1 Å². The van der Waals surface area contributed by atoms with Gasteiger partial charge >= 0.3 is 0 Å². The van der Waals surface area contributed by atoms with Crippen LogP contribution < -0.4 is 5.32 Å². The van der Waals surface area contributed by atoms with Crippen molar-refractivity contribution in [2.24, 2.45) is 18.9 Å². The molecular weight excluding hydrogens is 212 g/mol. The first-order valence-electron chi connectivity index (χ1n) is 6.59. The van der Waals surface area contributed by atoms with Crippen LogP contribution >= 0.6 is 0 Å². The van der Waals surface area contributed by atoms with Gasteiger partial charge in [-0.2, -0.15) is 5.10 Å². The number of nitrogens with one attached hydrogen (secondary N) is 1. The molecule has 17 heavy (non-hydrogen) atoms. The van der Waals surface area contributed by atoms with Crippen LogP contribution in [0.1, 0.15) is 18.3 Å². The summed E-state index contributed by atoms with van der Waals surface area (Å²) in [6, 6.07) is 2.91. The van der Waals surface area contributed by atoms with Gasteiger partial charge in [0.05, 0.1) is 11.4 Å². The molecule has 0 bridgehead atoms. The molecule has 1 aromatic heterocycles. The summed E-state index contributed by atoms with van der Waals surface area (Å²) in [7, 11) is 2.05.